The molecule has 0 bridgehead atoms. The number of nitrogens with zero attached hydrogens (tertiary/aromatic N) is 1. The number of hydrogen-bond donors (Lipinski definition) is 3. The number of halogens is 1. The molecule has 3 N–H and O–H groups in total. The Balaban J connectivity index is 2.26. The molecule has 1 saturated heterocycles. The SMILES string of the molecule is CC(=O)N[C@@H]1C(=O)N(CCC(CO)CO)C(=S)S[C@H]1c1ccccc1Cl. The van der Waals surface area contributed by atoms with Gasteiger partial charge in [-0.15, -0.1) is 0 Å². The molecule has 2 rings (SSSR count). The molecule has 26 heavy (non-hydrogen) atoms. The van der Waals surface area contributed by atoms with Crippen LogP contribution in [0.1, 0.15) is 24.2 Å². The van der Waals surface area contributed by atoms with Crippen LogP contribution in [0.25, 0.3) is 0 Å². The smallest absolute Gasteiger partial charge is 0.252 e. The van der Waals surface area contributed by atoms with Crippen LogP contribution in [0, 0.1) is 5.92 Å². The summed E-state index contributed by atoms with van der Waals surface area (Å²) in [4.78, 5) is 26.1. The van der Waals surface area contributed by atoms with Crippen molar-refractivity contribution in [2.45, 2.75) is 24.6 Å². The Labute approximate surface area is 166 Å². The lowest BCUT2D eigenvalue weighted by Crippen LogP contribution is -2.55. The van der Waals surface area contributed by atoms with Gasteiger partial charge in [0, 0.05) is 37.6 Å². The van der Waals surface area contributed by atoms with Crippen LogP contribution in [0.5, 0.6) is 0 Å². The second-order valence-corrected chi connectivity index (χ2v) is 8.20. The van der Waals surface area contributed by atoms with Gasteiger partial charge in [0.2, 0.25) is 5.91 Å². The second kappa shape index (κ2) is 9.66. The molecule has 2 atom stereocenters. The number of rotatable bonds is 7. The fourth-order valence-electron chi connectivity index (χ4n) is 2.69. The Morgan fingerprint density at radius 2 is 2.04 bits per heavy atom. The van der Waals surface area contributed by atoms with E-state index < -0.39 is 11.3 Å². The van der Waals surface area contributed by atoms with E-state index in [4.69, 9.17) is 23.8 Å². The normalized spacial score (nSPS) is 20.6. The summed E-state index contributed by atoms with van der Waals surface area (Å²) in [6, 6.07) is 6.36. The number of benzene rings is 1. The van der Waals surface area contributed by atoms with Gasteiger partial charge >= 0.3 is 0 Å². The minimum Gasteiger partial charge on any atom is -0.396 e. The van der Waals surface area contributed by atoms with E-state index in [0.717, 1.165) is 5.56 Å². The highest BCUT2D eigenvalue weighted by atomic mass is 35.5. The molecule has 2 amide bonds. The number of carbonyl (C=O) groups is 2. The number of thiocarbonyl (C=S) groups is 1. The van der Waals surface area contributed by atoms with Crippen LogP contribution < -0.4 is 5.32 Å². The average molecular weight is 417 g/mol. The highest BCUT2D eigenvalue weighted by molar-refractivity contribution is 8.23. The molecule has 1 aromatic rings. The van der Waals surface area contributed by atoms with Crippen LogP contribution in [-0.2, 0) is 9.59 Å². The van der Waals surface area contributed by atoms with Crippen molar-refractivity contribution in [2.24, 2.45) is 5.92 Å². The summed E-state index contributed by atoms with van der Waals surface area (Å²) in [6.07, 6.45) is 0.406. The van der Waals surface area contributed by atoms with Gasteiger partial charge in [-0.1, -0.05) is 53.8 Å². The lowest BCUT2D eigenvalue weighted by molar-refractivity contribution is -0.133. The monoisotopic (exact) mass is 416 g/mol. The van der Waals surface area contributed by atoms with Crippen molar-refractivity contribution in [2.75, 3.05) is 19.8 Å². The van der Waals surface area contributed by atoms with Crippen molar-refractivity contribution in [1.29, 1.82) is 0 Å². The summed E-state index contributed by atoms with van der Waals surface area (Å²) in [7, 11) is 0. The van der Waals surface area contributed by atoms with Crippen LogP contribution in [0.2, 0.25) is 5.02 Å². The first-order valence-corrected chi connectivity index (χ1v) is 9.80. The van der Waals surface area contributed by atoms with E-state index in [0.29, 0.717) is 15.8 Å². The Morgan fingerprint density at radius 3 is 2.62 bits per heavy atom. The molecule has 1 aliphatic heterocycles. The first kappa shape index (κ1) is 21.1. The predicted octanol–water partition coefficient (Wildman–Crippen LogP) is 1.74. The molecule has 1 aliphatic rings. The third kappa shape index (κ3) is 4.95. The fourth-order valence-corrected chi connectivity index (χ4v) is 4.68. The minimum atomic E-state index is -0.800. The van der Waals surface area contributed by atoms with Gasteiger partial charge < -0.3 is 15.5 Å². The molecule has 0 radical (unpaired) electrons. The number of thioether (sulfide) groups is 1. The summed E-state index contributed by atoms with van der Waals surface area (Å²) in [5.41, 5.74) is 0.733. The largest absolute Gasteiger partial charge is 0.396 e. The van der Waals surface area contributed by atoms with Crippen molar-refractivity contribution in [3.63, 3.8) is 0 Å². The Bertz CT molecular complexity index is 684. The molecule has 6 nitrogen and oxygen atoms in total. The van der Waals surface area contributed by atoms with Gasteiger partial charge in [-0.3, -0.25) is 14.5 Å². The molecule has 0 aromatic heterocycles. The van der Waals surface area contributed by atoms with Crippen LogP contribution in [0.4, 0.5) is 0 Å². The molecule has 1 fully saturated rings. The summed E-state index contributed by atoms with van der Waals surface area (Å²) in [6.45, 7) is 1.28. The van der Waals surface area contributed by atoms with Crippen LogP contribution in [0.15, 0.2) is 24.3 Å². The van der Waals surface area contributed by atoms with Gasteiger partial charge in [0.05, 0.1) is 5.25 Å². The zero-order valence-corrected chi connectivity index (χ0v) is 16.6. The van der Waals surface area contributed by atoms with Crippen LogP contribution in [-0.4, -0.2) is 57.0 Å². The first-order valence-electron chi connectivity index (χ1n) is 8.14. The molecular weight excluding hydrogens is 396 g/mol. The standard InChI is InChI=1S/C17H21ClN2O4S2/c1-10(23)19-14-15(12-4-2-3-5-13(12)18)26-17(25)20(16(14)24)7-6-11(8-21)9-22/h2-5,11,14-15,21-22H,6-9H2,1H3,(H,19,23)/t14-,15-/m0/s1. The highest BCUT2D eigenvalue weighted by Gasteiger charge is 2.42. The van der Waals surface area contributed by atoms with Crippen molar-refractivity contribution in [3.05, 3.63) is 34.9 Å². The van der Waals surface area contributed by atoms with Gasteiger partial charge in [0.25, 0.3) is 5.91 Å². The summed E-state index contributed by atoms with van der Waals surface area (Å²) in [5.74, 6) is -0.961. The van der Waals surface area contributed by atoms with Gasteiger partial charge in [0.15, 0.2) is 0 Å². The quantitative estimate of drug-likeness (QED) is 0.586. The lowest BCUT2D eigenvalue weighted by Gasteiger charge is -2.38. The van der Waals surface area contributed by atoms with E-state index in [1.54, 1.807) is 12.1 Å². The molecular formula is C17H21ClN2O4S2. The maximum absolute atomic E-state index is 13.0. The Hall–Kier alpha value is -1.19. The van der Waals surface area contributed by atoms with Gasteiger partial charge in [0.1, 0.15) is 10.4 Å². The number of nitrogens with one attached hydrogen (secondary N) is 1. The maximum atomic E-state index is 13.0. The van der Waals surface area contributed by atoms with E-state index in [9.17, 15) is 19.8 Å². The molecule has 0 spiro atoms. The molecule has 9 heteroatoms. The van der Waals surface area contributed by atoms with Crippen LogP contribution in [0.3, 0.4) is 0 Å². The van der Waals surface area contributed by atoms with E-state index in [-0.39, 0.29) is 37.5 Å². The van der Waals surface area contributed by atoms with Crippen molar-refractivity contribution >= 4 is 51.7 Å². The van der Waals surface area contributed by atoms with E-state index >= 15 is 0 Å². The number of amides is 2. The topological polar surface area (TPSA) is 89.9 Å². The van der Waals surface area contributed by atoms with E-state index in [1.807, 2.05) is 12.1 Å². The summed E-state index contributed by atoms with van der Waals surface area (Å²) in [5, 5.41) is 21.2. The second-order valence-electron chi connectivity index (χ2n) is 6.01. The highest BCUT2D eigenvalue weighted by Crippen LogP contribution is 2.41. The molecule has 1 aromatic carbocycles. The molecule has 1 heterocycles. The average Bonchev–Trinajstić information content (AvgIpc) is 2.60. The lowest BCUT2D eigenvalue weighted by atomic mass is 10.0. The van der Waals surface area contributed by atoms with Crippen molar-refractivity contribution in [1.82, 2.24) is 10.2 Å². The Morgan fingerprint density at radius 1 is 1.38 bits per heavy atom. The fraction of sp³-hybridized carbons (Fsp3) is 0.471. The minimum absolute atomic E-state index is 0.171. The van der Waals surface area contributed by atoms with Gasteiger partial charge in [-0.05, 0) is 18.1 Å². The zero-order chi connectivity index (χ0) is 19.3. The number of hydrogen-bond acceptors (Lipinski definition) is 6. The number of aliphatic hydroxyl groups is 2. The van der Waals surface area contributed by atoms with Gasteiger partial charge in [-0.2, -0.15) is 0 Å². The maximum Gasteiger partial charge on any atom is 0.252 e. The number of carbonyl (C=O) groups excluding carboxylic acids is 2. The van der Waals surface area contributed by atoms with E-state index in [1.165, 1.54) is 23.6 Å². The van der Waals surface area contributed by atoms with Gasteiger partial charge in [-0.25, -0.2) is 0 Å². The predicted molar refractivity (Wildman–Crippen MR) is 106 cm³/mol. The van der Waals surface area contributed by atoms with E-state index in [2.05, 4.69) is 5.32 Å². The molecule has 0 aliphatic carbocycles. The first-order chi connectivity index (χ1) is 12.4. The molecule has 0 unspecified atom stereocenters. The molecule has 0 saturated carbocycles. The third-order valence-corrected chi connectivity index (χ3v) is 6.19. The summed E-state index contributed by atoms with van der Waals surface area (Å²) >= 11 is 13.0. The van der Waals surface area contributed by atoms with Crippen molar-refractivity contribution in [3.8, 4) is 0 Å². The van der Waals surface area contributed by atoms with Crippen LogP contribution >= 0.6 is 35.6 Å². The zero-order valence-electron chi connectivity index (χ0n) is 14.2. The number of aliphatic hydroxyl groups excluding tert-OH is 2. The third-order valence-electron chi connectivity index (χ3n) is 4.13. The molecule has 142 valence electrons. The Kier molecular flexibility index (Phi) is 7.85. The summed E-state index contributed by atoms with van der Waals surface area (Å²) < 4.78 is 0.385. The van der Waals surface area contributed by atoms with Crippen molar-refractivity contribution < 1.29 is 19.8 Å².